The Bertz CT molecular complexity index is 1020. The molecular formula is C19H19N5O2S. The predicted molar refractivity (Wildman–Crippen MR) is 104 cm³/mol. The Morgan fingerprint density at radius 2 is 2.07 bits per heavy atom. The number of anilines is 2. The fourth-order valence-electron chi connectivity index (χ4n) is 3.39. The van der Waals surface area contributed by atoms with Gasteiger partial charge in [-0.3, -0.25) is 4.79 Å². The number of hydrogen-bond donors (Lipinski definition) is 3. The molecular weight excluding hydrogens is 362 g/mol. The maximum atomic E-state index is 12.7. The molecule has 7 nitrogen and oxygen atoms in total. The Morgan fingerprint density at radius 1 is 1.26 bits per heavy atom. The zero-order valence-corrected chi connectivity index (χ0v) is 15.4. The first-order chi connectivity index (χ1) is 13.2. The van der Waals surface area contributed by atoms with E-state index in [-0.39, 0.29) is 18.1 Å². The number of nitrogens with one attached hydrogen (secondary N) is 2. The molecule has 1 fully saturated rings. The monoisotopic (exact) mass is 381 g/mol. The minimum Gasteiger partial charge on any atom is -0.391 e. The van der Waals surface area contributed by atoms with Crippen molar-refractivity contribution in [1.82, 2.24) is 9.61 Å². The lowest BCUT2D eigenvalue weighted by molar-refractivity contribution is 0.102. The average Bonchev–Trinajstić information content (AvgIpc) is 3.29. The van der Waals surface area contributed by atoms with Gasteiger partial charge in [-0.1, -0.05) is 12.8 Å². The summed E-state index contributed by atoms with van der Waals surface area (Å²) in [6.07, 6.45) is 3.43. The zero-order chi connectivity index (χ0) is 18.8. The summed E-state index contributed by atoms with van der Waals surface area (Å²) in [5.41, 5.74) is 1.68. The summed E-state index contributed by atoms with van der Waals surface area (Å²) in [5.74, 6) is 0.291. The number of nitrogens with zero attached hydrogens (tertiary/aromatic N) is 3. The number of thiophene rings is 1. The second kappa shape index (κ2) is 7.39. The number of aromatic nitrogens is 2. The third kappa shape index (κ3) is 3.52. The molecule has 0 aromatic carbocycles. The van der Waals surface area contributed by atoms with Gasteiger partial charge in [0, 0.05) is 0 Å². The fourth-order valence-corrected chi connectivity index (χ4v) is 4.03. The van der Waals surface area contributed by atoms with Crippen LogP contribution in [0.15, 0.2) is 35.7 Å². The second-order valence-electron chi connectivity index (χ2n) is 6.61. The quantitative estimate of drug-likeness (QED) is 0.644. The summed E-state index contributed by atoms with van der Waals surface area (Å²) in [4.78, 5) is 13.1. The molecule has 3 heterocycles. The van der Waals surface area contributed by atoms with E-state index in [4.69, 9.17) is 5.26 Å². The minimum absolute atomic E-state index is 0.0273. The first kappa shape index (κ1) is 17.5. The van der Waals surface area contributed by atoms with Gasteiger partial charge in [0.05, 0.1) is 23.3 Å². The Labute approximate surface area is 160 Å². The van der Waals surface area contributed by atoms with Crippen LogP contribution < -0.4 is 10.6 Å². The lowest BCUT2D eigenvalue weighted by atomic mass is 9.93. The number of aliphatic hydroxyl groups excluding tert-OH is 1. The van der Waals surface area contributed by atoms with E-state index in [0.29, 0.717) is 22.1 Å². The van der Waals surface area contributed by atoms with E-state index in [1.807, 2.05) is 18.2 Å². The van der Waals surface area contributed by atoms with Gasteiger partial charge in [-0.05, 0) is 48.6 Å². The highest BCUT2D eigenvalue weighted by molar-refractivity contribution is 7.11. The molecule has 3 N–H and O–H groups in total. The molecule has 0 spiro atoms. The Hall–Kier alpha value is -2.89. The van der Waals surface area contributed by atoms with Gasteiger partial charge in [-0.2, -0.15) is 5.26 Å². The molecule has 0 radical (unpaired) electrons. The molecule has 0 aliphatic heterocycles. The average molecular weight is 381 g/mol. The van der Waals surface area contributed by atoms with Crippen molar-refractivity contribution in [3.63, 3.8) is 0 Å². The van der Waals surface area contributed by atoms with Crippen LogP contribution in [0.3, 0.4) is 0 Å². The number of hydrogen-bond acceptors (Lipinski definition) is 6. The third-order valence-corrected chi connectivity index (χ3v) is 5.63. The van der Waals surface area contributed by atoms with Crippen LogP contribution in [0.5, 0.6) is 0 Å². The summed E-state index contributed by atoms with van der Waals surface area (Å²) in [6, 6.07) is 11.0. The molecule has 1 saturated carbocycles. The van der Waals surface area contributed by atoms with Crippen LogP contribution in [0.4, 0.5) is 11.5 Å². The van der Waals surface area contributed by atoms with Crippen LogP contribution in [0.2, 0.25) is 0 Å². The van der Waals surface area contributed by atoms with Gasteiger partial charge in [-0.15, -0.1) is 16.4 Å². The summed E-state index contributed by atoms with van der Waals surface area (Å²) in [7, 11) is 0. The van der Waals surface area contributed by atoms with Crippen LogP contribution in [0, 0.1) is 11.3 Å². The van der Waals surface area contributed by atoms with E-state index in [9.17, 15) is 9.90 Å². The normalized spacial score (nSPS) is 19.6. The molecule has 4 rings (SSSR count). The van der Waals surface area contributed by atoms with Crippen LogP contribution in [-0.2, 0) is 0 Å². The molecule has 1 aliphatic rings. The van der Waals surface area contributed by atoms with Crippen LogP contribution >= 0.6 is 11.3 Å². The first-order valence-corrected chi connectivity index (χ1v) is 9.76. The molecule has 0 saturated heterocycles. The van der Waals surface area contributed by atoms with E-state index >= 15 is 0 Å². The van der Waals surface area contributed by atoms with E-state index in [1.165, 1.54) is 11.3 Å². The van der Waals surface area contributed by atoms with Crippen molar-refractivity contribution in [1.29, 1.82) is 5.26 Å². The molecule has 2 atom stereocenters. The standard InChI is InChI=1S/C19H19N5O2S/c20-11-17-14(9-10-27-17)22-19(26)15-7-5-12-6-8-18(23-24(12)15)21-13-3-1-2-4-16(13)25/h5-10,13,16,25H,1-4H2,(H,21,23)(H,22,26)/t13-,16+/m1/s1. The number of aliphatic hydroxyl groups is 1. The Kier molecular flexibility index (Phi) is 4.79. The number of nitriles is 1. The van der Waals surface area contributed by atoms with Crippen molar-refractivity contribution in [2.45, 2.75) is 37.8 Å². The highest BCUT2D eigenvalue weighted by Gasteiger charge is 2.23. The van der Waals surface area contributed by atoms with E-state index < -0.39 is 0 Å². The highest BCUT2D eigenvalue weighted by Crippen LogP contribution is 2.23. The number of fused-ring (bicyclic) bond motifs is 1. The van der Waals surface area contributed by atoms with Gasteiger partial charge < -0.3 is 15.7 Å². The fraction of sp³-hybridized carbons (Fsp3) is 0.316. The predicted octanol–water partition coefficient (Wildman–Crippen LogP) is 3.24. The lowest BCUT2D eigenvalue weighted by Gasteiger charge is -2.28. The van der Waals surface area contributed by atoms with Crippen LogP contribution in [0.1, 0.15) is 41.0 Å². The van der Waals surface area contributed by atoms with Crippen molar-refractivity contribution < 1.29 is 9.90 Å². The number of amides is 1. The van der Waals surface area contributed by atoms with Gasteiger partial charge in [-0.25, -0.2) is 4.52 Å². The molecule has 27 heavy (non-hydrogen) atoms. The Morgan fingerprint density at radius 3 is 2.89 bits per heavy atom. The number of rotatable bonds is 4. The maximum absolute atomic E-state index is 12.7. The summed E-state index contributed by atoms with van der Waals surface area (Å²) in [6.45, 7) is 0. The van der Waals surface area contributed by atoms with Crippen molar-refractivity contribution in [2.24, 2.45) is 0 Å². The van der Waals surface area contributed by atoms with Gasteiger partial charge in [0.1, 0.15) is 22.5 Å². The molecule has 0 bridgehead atoms. The molecule has 3 aromatic rings. The number of carbonyl (C=O) groups excluding carboxylic acids is 1. The van der Waals surface area contributed by atoms with Gasteiger partial charge in [0.2, 0.25) is 0 Å². The van der Waals surface area contributed by atoms with E-state index in [2.05, 4.69) is 21.8 Å². The van der Waals surface area contributed by atoms with Crippen molar-refractivity contribution in [3.05, 3.63) is 46.3 Å². The van der Waals surface area contributed by atoms with E-state index in [1.54, 1.807) is 22.0 Å². The first-order valence-electron chi connectivity index (χ1n) is 8.88. The zero-order valence-electron chi connectivity index (χ0n) is 14.6. The maximum Gasteiger partial charge on any atom is 0.274 e. The third-order valence-electron chi connectivity index (χ3n) is 4.81. The largest absolute Gasteiger partial charge is 0.391 e. The molecule has 1 aliphatic carbocycles. The van der Waals surface area contributed by atoms with Crippen LogP contribution in [0.25, 0.3) is 5.52 Å². The van der Waals surface area contributed by atoms with E-state index in [0.717, 1.165) is 31.2 Å². The summed E-state index contributed by atoms with van der Waals surface area (Å²) in [5, 5.41) is 31.6. The van der Waals surface area contributed by atoms with Crippen molar-refractivity contribution in [3.8, 4) is 6.07 Å². The molecule has 8 heteroatoms. The molecule has 138 valence electrons. The van der Waals surface area contributed by atoms with Crippen molar-refractivity contribution >= 4 is 34.3 Å². The molecule has 0 unspecified atom stereocenters. The van der Waals surface area contributed by atoms with Crippen molar-refractivity contribution in [2.75, 3.05) is 10.6 Å². The molecule has 1 amide bonds. The van der Waals surface area contributed by atoms with Gasteiger partial charge in [0.15, 0.2) is 0 Å². The Balaban J connectivity index is 1.58. The SMILES string of the molecule is N#Cc1sccc1NC(=O)c1ccc2ccc(N[C@@H]3CCCC[C@@H]3O)nn12. The lowest BCUT2D eigenvalue weighted by Crippen LogP contribution is -2.36. The number of carbonyl (C=O) groups is 1. The van der Waals surface area contributed by atoms with Crippen LogP contribution in [-0.4, -0.2) is 32.8 Å². The minimum atomic E-state index is -0.383. The van der Waals surface area contributed by atoms with Gasteiger partial charge >= 0.3 is 0 Å². The summed E-state index contributed by atoms with van der Waals surface area (Å²) < 4.78 is 1.57. The second-order valence-corrected chi connectivity index (χ2v) is 7.52. The highest BCUT2D eigenvalue weighted by atomic mass is 32.1. The smallest absolute Gasteiger partial charge is 0.274 e. The molecule has 3 aromatic heterocycles. The van der Waals surface area contributed by atoms with Gasteiger partial charge in [0.25, 0.3) is 5.91 Å². The topological polar surface area (TPSA) is 102 Å². The summed E-state index contributed by atoms with van der Waals surface area (Å²) >= 11 is 1.28.